The van der Waals surface area contributed by atoms with E-state index in [0.29, 0.717) is 6.54 Å². The molecule has 1 amide bonds. The molecule has 3 nitrogen and oxygen atoms in total. The van der Waals surface area contributed by atoms with Crippen LogP contribution in [-0.4, -0.2) is 19.0 Å². The summed E-state index contributed by atoms with van der Waals surface area (Å²) in [5.41, 5.74) is 1.13. The number of carbonyl (C=O) groups excluding carboxylic acids is 1. The van der Waals surface area contributed by atoms with Crippen molar-refractivity contribution in [3.63, 3.8) is 0 Å². The lowest BCUT2D eigenvalue weighted by Crippen LogP contribution is -2.37. The Balaban J connectivity index is 1.81. The Bertz CT molecular complexity index is 372. The minimum absolute atomic E-state index is 0.187. The zero-order chi connectivity index (χ0) is 12.1. The van der Waals surface area contributed by atoms with Crippen LogP contribution in [0.1, 0.15) is 18.4 Å². The van der Waals surface area contributed by atoms with Crippen molar-refractivity contribution in [3.05, 3.63) is 34.3 Å². The molecular weight excluding hydrogens is 280 g/mol. The van der Waals surface area contributed by atoms with Crippen molar-refractivity contribution in [2.75, 3.05) is 13.1 Å². The lowest BCUT2D eigenvalue weighted by Gasteiger charge is -2.21. The molecule has 0 spiro atoms. The van der Waals surface area contributed by atoms with Gasteiger partial charge in [0.15, 0.2) is 0 Å². The largest absolute Gasteiger partial charge is 0.352 e. The number of rotatable bonds is 3. The number of hydrogen-bond acceptors (Lipinski definition) is 2. The molecule has 17 heavy (non-hydrogen) atoms. The molecule has 0 bridgehead atoms. The van der Waals surface area contributed by atoms with E-state index in [0.717, 1.165) is 36.0 Å². The zero-order valence-corrected chi connectivity index (χ0v) is 11.3. The first kappa shape index (κ1) is 12.6. The van der Waals surface area contributed by atoms with Gasteiger partial charge in [-0.15, -0.1) is 0 Å². The third-order valence-electron chi connectivity index (χ3n) is 3.09. The van der Waals surface area contributed by atoms with Crippen molar-refractivity contribution in [1.29, 1.82) is 0 Å². The fourth-order valence-corrected chi connectivity index (χ4v) is 2.28. The van der Waals surface area contributed by atoms with Gasteiger partial charge >= 0.3 is 0 Å². The summed E-state index contributed by atoms with van der Waals surface area (Å²) in [4.78, 5) is 11.9. The van der Waals surface area contributed by atoms with E-state index in [-0.39, 0.29) is 11.8 Å². The predicted octanol–water partition coefficient (Wildman–Crippen LogP) is 2.06. The van der Waals surface area contributed by atoms with Gasteiger partial charge in [-0.1, -0.05) is 28.1 Å². The Morgan fingerprint density at radius 3 is 2.59 bits per heavy atom. The summed E-state index contributed by atoms with van der Waals surface area (Å²) in [5, 5.41) is 6.27. The van der Waals surface area contributed by atoms with Crippen molar-refractivity contribution < 1.29 is 4.79 Å². The molecule has 2 N–H and O–H groups in total. The van der Waals surface area contributed by atoms with Gasteiger partial charge in [-0.25, -0.2) is 0 Å². The smallest absolute Gasteiger partial charge is 0.223 e. The molecule has 0 aromatic heterocycles. The van der Waals surface area contributed by atoms with Crippen LogP contribution in [0.2, 0.25) is 0 Å². The molecule has 0 unspecified atom stereocenters. The number of piperidine rings is 1. The maximum atomic E-state index is 11.9. The van der Waals surface area contributed by atoms with Crippen molar-refractivity contribution in [1.82, 2.24) is 10.6 Å². The van der Waals surface area contributed by atoms with Crippen LogP contribution in [0, 0.1) is 5.92 Å². The number of carbonyl (C=O) groups is 1. The molecule has 1 aromatic carbocycles. The Kier molecular flexibility index (Phi) is 4.57. The molecule has 1 aromatic rings. The van der Waals surface area contributed by atoms with Crippen LogP contribution in [0.25, 0.3) is 0 Å². The minimum atomic E-state index is 0.187. The maximum absolute atomic E-state index is 11.9. The summed E-state index contributed by atoms with van der Waals surface area (Å²) in [5.74, 6) is 0.376. The molecule has 1 aliphatic heterocycles. The number of halogens is 1. The molecule has 2 rings (SSSR count). The average molecular weight is 297 g/mol. The van der Waals surface area contributed by atoms with E-state index in [1.54, 1.807) is 0 Å². The first-order chi connectivity index (χ1) is 8.25. The molecule has 4 heteroatoms. The summed E-state index contributed by atoms with van der Waals surface area (Å²) < 4.78 is 1.06. The summed E-state index contributed by atoms with van der Waals surface area (Å²) in [6, 6.07) is 8.03. The second-order valence-corrected chi connectivity index (χ2v) is 5.28. The molecular formula is C13H17BrN2O. The second-order valence-electron chi connectivity index (χ2n) is 4.37. The van der Waals surface area contributed by atoms with Crippen LogP contribution >= 0.6 is 15.9 Å². The van der Waals surface area contributed by atoms with Crippen molar-refractivity contribution in [2.45, 2.75) is 19.4 Å². The Morgan fingerprint density at radius 2 is 1.94 bits per heavy atom. The quantitative estimate of drug-likeness (QED) is 0.896. The Morgan fingerprint density at radius 1 is 1.29 bits per heavy atom. The van der Waals surface area contributed by atoms with Crippen LogP contribution in [0.3, 0.4) is 0 Å². The fraction of sp³-hybridized carbons (Fsp3) is 0.462. The van der Waals surface area contributed by atoms with Gasteiger partial charge in [0.1, 0.15) is 0 Å². The normalized spacial score (nSPS) is 16.8. The van der Waals surface area contributed by atoms with E-state index < -0.39 is 0 Å². The van der Waals surface area contributed by atoms with E-state index >= 15 is 0 Å². The molecule has 0 radical (unpaired) electrons. The monoisotopic (exact) mass is 296 g/mol. The lowest BCUT2D eigenvalue weighted by molar-refractivity contribution is -0.125. The molecule has 1 fully saturated rings. The topological polar surface area (TPSA) is 41.1 Å². The molecule has 0 aliphatic carbocycles. The molecule has 1 aliphatic rings. The third-order valence-corrected chi connectivity index (χ3v) is 3.62. The molecule has 1 heterocycles. The van der Waals surface area contributed by atoms with E-state index in [2.05, 4.69) is 26.6 Å². The van der Waals surface area contributed by atoms with E-state index in [9.17, 15) is 4.79 Å². The molecule has 1 saturated heterocycles. The van der Waals surface area contributed by atoms with Gasteiger partial charge < -0.3 is 10.6 Å². The maximum Gasteiger partial charge on any atom is 0.223 e. The number of nitrogens with one attached hydrogen (secondary N) is 2. The van der Waals surface area contributed by atoms with E-state index in [1.165, 1.54) is 0 Å². The third kappa shape index (κ3) is 3.82. The van der Waals surface area contributed by atoms with Gasteiger partial charge in [-0.2, -0.15) is 0 Å². The van der Waals surface area contributed by atoms with Gasteiger partial charge in [-0.05, 0) is 43.6 Å². The first-order valence-corrected chi connectivity index (χ1v) is 6.78. The SMILES string of the molecule is O=C(NCc1ccc(Br)cc1)C1CCNCC1. The molecule has 0 atom stereocenters. The first-order valence-electron chi connectivity index (χ1n) is 5.98. The Labute approximate surface area is 110 Å². The number of benzene rings is 1. The van der Waals surface area contributed by atoms with E-state index in [4.69, 9.17) is 0 Å². The van der Waals surface area contributed by atoms with Crippen LogP contribution in [0.4, 0.5) is 0 Å². The van der Waals surface area contributed by atoms with Crippen molar-refractivity contribution >= 4 is 21.8 Å². The van der Waals surface area contributed by atoms with Crippen LogP contribution in [0.5, 0.6) is 0 Å². The van der Waals surface area contributed by atoms with Gasteiger partial charge in [0.2, 0.25) is 5.91 Å². The van der Waals surface area contributed by atoms with Gasteiger partial charge in [0, 0.05) is 16.9 Å². The van der Waals surface area contributed by atoms with Crippen molar-refractivity contribution in [2.24, 2.45) is 5.92 Å². The Hall–Kier alpha value is -0.870. The van der Waals surface area contributed by atoms with Crippen LogP contribution in [-0.2, 0) is 11.3 Å². The van der Waals surface area contributed by atoms with Gasteiger partial charge in [0.25, 0.3) is 0 Å². The molecule has 0 saturated carbocycles. The number of amides is 1. The highest BCUT2D eigenvalue weighted by Crippen LogP contribution is 2.13. The minimum Gasteiger partial charge on any atom is -0.352 e. The van der Waals surface area contributed by atoms with Gasteiger partial charge in [-0.3, -0.25) is 4.79 Å². The highest BCUT2D eigenvalue weighted by atomic mass is 79.9. The van der Waals surface area contributed by atoms with Crippen molar-refractivity contribution in [3.8, 4) is 0 Å². The fourth-order valence-electron chi connectivity index (χ4n) is 2.02. The van der Waals surface area contributed by atoms with Crippen LogP contribution < -0.4 is 10.6 Å². The van der Waals surface area contributed by atoms with Gasteiger partial charge in [0.05, 0.1) is 0 Å². The predicted molar refractivity (Wildman–Crippen MR) is 71.6 cm³/mol. The summed E-state index contributed by atoms with van der Waals surface area (Å²) in [6.45, 7) is 2.53. The highest BCUT2D eigenvalue weighted by Gasteiger charge is 2.20. The van der Waals surface area contributed by atoms with E-state index in [1.807, 2.05) is 24.3 Å². The second kappa shape index (κ2) is 6.17. The van der Waals surface area contributed by atoms with Crippen LogP contribution in [0.15, 0.2) is 28.7 Å². The average Bonchev–Trinajstić information content (AvgIpc) is 2.39. The molecule has 92 valence electrons. The highest BCUT2D eigenvalue weighted by molar-refractivity contribution is 9.10. The standard InChI is InChI=1S/C13H17BrN2O/c14-12-3-1-10(2-4-12)9-16-13(17)11-5-7-15-8-6-11/h1-4,11,15H,5-9H2,(H,16,17). The summed E-state index contributed by atoms with van der Waals surface area (Å²) >= 11 is 3.39. The number of hydrogen-bond donors (Lipinski definition) is 2. The lowest BCUT2D eigenvalue weighted by atomic mass is 9.97. The zero-order valence-electron chi connectivity index (χ0n) is 9.71. The summed E-state index contributed by atoms with van der Waals surface area (Å²) in [7, 11) is 0. The summed E-state index contributed by atoms with van der Waals surface area (Å²) in [6.07, 6.45) is 1.90.